The van der Waals surface area contributed by atoms with Gasteiger partial charge in [0.1, 0.15) is 24.4 Å². The Morgan fingerprint density at radius 3 is 2.62 bits per heavy atom. The number of likely N-dealkylation sites (tertiary alicyclic amines) is 1. The van der Waals surface area contributed by atoms with Crippen molar-refractivity contribution in [2.75, 3.05) is 34.5 Å². The average Bonchev–Trinajstić information content (AvgIpc) is 3.35. The molecule has 0 bridgehead atoms. The summed E-state index contributed by atoms with van der Waals surface area (Å²) in [5.41, 5.74) is 2.36. The Morgan fingerprint density at radius 1 is 1.10 bits per heavy atom. The van der Waals surface area contributed by atoms with Crippen molar-refractivity contribution in [3.8, 4) is 5.82 Å². The molecule has 3 heterocycles. The van der Waals surface area contributed by atoms with Gasteiger partial charge in [0.05, 0.1) is 35.8 Å². The van der Waals surface area contributed by atoms with Gasteiger partial charge in [0.25, 0.3) is 5.91 Å². The maximum atomic E-state index is 13.2. The van der Waals surface area contributed by atoms with Gasteiger partial charge >= 0.3 is 0 Å². The van der Waals surface area contributed by atoms with E-state index in [0.717, 1.165) is 11.0 Å². The van der Waals surface area contributed by atoms with Gasteiger partial charge in [-0.2, -0.15) is 0 Å². The Hall–Kier alpha value is -2.81. The third-order valence-corrected chi connectivity index (χ3v) is 5.39. The first kappa shape index (κ1) is 19.5. The van der Waals surface area contributed by atoms with Crippen molar-refractivity contribution >= 4 is 16.9 Å². The Bertz CT molecular complexity index is 988. The van der Waals surface area contributed by atoms with Crippen molar-refractivity contribution in [1.29, 1.82) is 0 Å². The minimum atomic E-state index is -0.242. The number of amides is 1. The van der Waals surface area contributed by atoms with Crippen LogP contribution >= 0.6 is 0 Å². The molecule has 29 heavy (non-hydrogen) atoms. The van der Waals surface area contributed by atoms with E-state index in [1.807, 2.05) is 34.9 Å². The molecule has 8 nitrogen and oxygen atoms in total. The number of nitrogens with zero attached hydrogens (tertiary/aromatic N) is 4. The van der Waals surface area contributed by atoms with Crippen molar-refractivity contribution < 1.29 is 19.0 Å². The third-order valence-electron chi connectivity index (χ3n) is 5.39. The summed E-state index contributed by atoms with van der Waals surface area (Å²) in [4.78, 5) is 23.8. The molecule has 1 fully saturated rings. The van der Waals surface area contributed by atoms with Crippen LogP contribution < -0.4 is 0 Å². The van der Waals surface area contributed by atoms with Gasteiger partial charge in [-0.05, 0) is 24.3 Å². The number of hydrogen-bond donors (Lipinski definition) is 0. The Morgan fingerprint density at radius 2 is 1.93 bits per heavy atom. The van der Waals surface area contributed by atoms with E-state index in [-0.39, 0.29) is 24.2 Å². The van der Waals surface area contributed by atoms with Crippen LogP contribution in [0.4, 0.5) is 0 Å². The fourth-order valence-electron chi connectivity index (χ4n) is 3.93. The Kier molecular flexibility index (Phi) is 5.57. The third kappa shape index (κ3) is 3.50. The number of imidazole rings is 1. The molecule has 152 valence electrons. The molecule has 1 amide bonds. The highest BCUT2D eigenvalue weighted by Gasteiger charge is 2.44. The fraction of sp³-hybridized carbons (Fsp3) is 0.381. The number of rotatable bonds is 6. The van der Waals surface area contributed by atoms with E-state index in [9.17, 15) is 4.79 Å². The van der Waals surface area contributed by atoms with E-state index in [0.29, 0.717) is 24.5 Å². The maximum Gasteiger partial charge on any atom is 0.255 e. The molecule has 0 unspecified atom stereocenters. The highest BCUT2D eigenvalue weighted by atomic mass is 16.5. The van der Waals surface area contributed by atoms with E-state index in [2.05, 4.69) is 9.97 Å². The van der Waals surface area contributed by atoms with Crippen LogP contribution in [0.3, 0.4) is 0 Å². The van der Waals surface area contributed by atoms with Crippen molar-refractivity contribution in [1.82, 2.24) is 19.4 Å². The summed E-state index contributed by atoms with van der Waals surface area (Å²) in [6, 6.07) is 11.2. The average molecular weight is 396 g/mol. The lowest BCUT2D eigenvalue weighted by molar-refractivity contribution is -0.0311. The van der Waals surface area contributed by atoms with Gasteiger partial charge in [-0.3, -0.25) is 9.36 Å². The summed E-state index contributed by atoms with van der Waals surface area (Å²) in [6.45, 7) is 0.812. The van der Waals surface area contributed by atoms with Crippen LogP contribution in [0, 0.1) is 0 Å². The molecule has 1 aromatic carbocycles. The molecule has 8 heteroatoms. The highest BCUT2D eigenvalue weighted by Crippen LogP contribution is 2.26. The molecule has 0 saturated carbocycles. The lowest BCUT2D eigenvalue weighted by atomic mass is 10.1. The predicted octanol–water partition coefficient (Wildman–Crippen LogP) is 1.92. The standard InChI is InChI=1S/C21H24N4O4/c1-27-12-17-20(29-3)18(28-2)11-24(17)21(26)14-8-9-19(22-10-14)25-13-23-15-6-4-5-7-16(15)25/h4-10,13,17-18,20H,11-12H2,1-3H3/t17-,18+,20-/m1/s1. The molecular formula is C21H24N4O4. The number of fused-ring (bicyclic) bond motifs is 1. The number of methoxy groups -OCH3 is 3. The Labute approximate surface area is 169 Å². The second-order valence-electron chi connectivity index (χ2n) is 6.96. The van der Waals surface area contributed by atoms with Gasteiger partial charge in [0.2, 0.25) is 0 Å². The monoisotopic (exact) mass is 396 g/mol. The summed E-state index contributed by atoms with van der Waals surface area (Å²) in [5.74, 6) is 0.581. The summed E-state index contributed by atoms with van der Waals surface area (Å²) < 4.78 is 18.3. The van der Waals surface area contributed by atoms with Gasteiger partial charge in [-0.1, -0.05) is 12.1 Å². The fourth-order valence-corrected chi connectivity index (χ4v) is 3.93. The molecule has 1 aliphatic rings. The van der Waals surface area contributed by atoms with Gasteiger partial charge in [-0.25, -0.2) is 9.97 Å². The number of pyridine rings is 1. The normalized spacial score (nSPS) is 21.8. The zero-order valence-corrected chi connectivity index (χ0v) is 16.7. The van der Waals surface area contributed by atoms with Crippen LogP contribution in [0.25, 0.3) is 16.9 Å². The van der Waals surface area contributed by atoms with Crippen LogP contribution in [0.1, 0.15) is 10.4 Å². The number of carbonyl (C=O) groups excluding carboxylic acids is 1. The molecule has 2 aromatic heterocycles. The van der Waals surface area contributed by atoms with Crippen molar-refractivity contribution in [2.24, 2.45) is 0 Å². The lowest BCUT2D eigenvalue weighted by Crippen LogP contribution is -2.43. The predicted molar refractivity (Wildman–Crippen MR) is 107 cm³/mol. The van der Waals surface area contributed by atoms with Gasteiger partial charge in [0, 0.05) is 27.5 Å². The summed E-state index contributed by atoms with van der Waals surface area (Å²) in [5, 5.41) is 0. The maximum absolute atomic E-state index is 13.2. The minimum Gasteiger partial charge on any atom is -0.382 e. The smallest absolute Gasteiger partial charge is 0.255 e. The number of aromatic nitrogens is 3. The zero-order valence-electron chi connectivity index (χ0n) is 16.7. The van der Waals surface area contributed by atoms with Crippen molar-refractivity contribution in [3.63, 3.8) is 0 Å². The molecule has 0 spiro atoms. The molecule has 0 aliphatic carbocycles. The van der Waals surface area contributed by atoms with Crippen LogP contribution in [-0.2, 0) is 14.2 Å². The first-order chi connectivity index (χ1) is 14.2. The largest absolute Gasteiger partial charge is 0.382 e. The molecule has 1 saturated heterocycles. The number of carbonyl (C=O) groups is 1. The zero-order chi connectivity index (χ0) is 20.4. The van der Waals surface area contributed by atoms with Crippen molar-refractivity contribution in [3.05, 3.63) is 54.5 Å². The second kappa shape index (κ2) is 8.28. The van der Waals surface area contributed by atoms with Crippen molar-refractivity contribution in [2.45, 2.75) is 18.2 Å². The van der Waals surface area contributed by atoms with E-state index in [1.54, 1.807) is 44.8 Å². The van der Waals surface area contributed by atoms with E-state index >= 15 is 0 Å². The summed E-state index contributed by atoms with van der Waals surface area (Å²) in [6.07, 6.45) is 2.89. The highest BCUT2D eigenvalue weighted by molar-refractivity contribution is 5.94. The van der Waals surface area contributed by atoms with Crippen LogP contribution in [0.5, 0.6) is 0 Å². The van der Waals surface area contributed by atoms with E-state index in [1.165, 1.54) is 0 Å². The minimum absolute atomic E-state index is 0.122. The quantitative estimate of drug-likeness (QED) is 0.634. The van der Waals surface area contributed by atoms with Gasteiger partial charge in [0.15, 0.2) is 0 Å². The van der Waals surface area contributed by atoms with E-state index < -0.39 is 0 Å². The first-order valence-electron chi connectivity index (χ1n) is 9.42. The van der Waals surface area contributed by atoms with E-state index in [4.69, 9.17) is 14.2 Å². The van der Waals surface area contributed by atoms with Crippen LogP contribution in [0.2, 0.25) is 0 Å². The molecule has 1 aliphatic heterocycles. The van der Waals surface area contributed by atoms with Gasteiger partial charge in [-0.15, -0.1) is 0 Å². The van der Waals surface area contributed by atoms with Crippen LogP contribution in [-0.4, -0.2) is 78.1 Å². The molecule has 4 rings (SSSR count). The summed E-state index contributed by atoms with van der Waals surface area (Å²) >= 11 is 0. The second-order valence-corrected chi connectivity index (χ2v) is 6.96. The van der Waals surface area contributed by atoms with Crippen LogP contribution in [0.15, 0.2) is 48.9 Å². The molecular weight excluding hydrogens is 372 g/mol. The number of benzene rings is 1. The SMILES string of the molecule is COC[C@@H]1[C@@H](OC)[C@@H](OC)CN1C(=O)c1ccc(-n2cnc3ccccc32)nc1. The van der Waals surface area contributed by atoms with Gasteiger partial charge < -0.3 is 19.1 Å². The number of hydrogen-bond acceptors (Lipinski definition) is 6. The molecule has 0 N–H and O–H groups in total. The molecule has 0 radical (unpaired) electrons. The Balaban J connectivity index is 1.59. The topological polar surface area (TPSA) is 78.7 Å². The number of para-hydroxylation sites is 2. The first-order valence-corrected chi connectivity index (χ1v) is 9.42. The number of ether oxygens (including phenoxy) is 3. The molecule has 3 atom stereocenters. The summed E-state index contributed by atoms with van der Waals surface area (Å²) in [7, 11) is 4.86. The molecule has 3 aromatic rings. The lowest BCUT2D eigenvalue weighted by Gasteiger charge is -2.26.